The van der Waals surface area contributed by atoms with E-state index in [0.29, 0.717) is 22.3 Å². The van der Waals surface area contributed by atoms with Crippen LogP contribution in [0, 0.1) is 6.92 Å². The summed E-state index contributed by atoms with van der Waals surface area (Å²) in [5, 5.41) is 16.9. The Morgan fingerprint density at radius 2 is 1.86 bits per heavy atom. The summed E-state index contributed by atoms with van der Waals surface area (Å²) in [5.41, 5.74) is 2.26. The van der Waals surface area contributed by atoms with Crippen molar-refractivity contribution < 1.29 is 14.6 Å². The van der Waals surface area contributed by atoms with Crippen LogP contribution in [0.5, 0.6) is 11.8 Å². The summed E-state index contributed by atoms with van der Waals surface area (Å²) in [7, 11) is 0. The molecule has 0 unspecified atom stereocenters. The van der Waals surface area contributed by atoms with E-state index in [-0.39, 0.29) is 11.6 Å². The zero-order chi connectivity index (χ0) is 14.8. The summed E-state index contributed by atoms with van der Waals surface area (Å²) in [6.07, 6.45) is 0. The van der Waals surface area contributed by atoms with Gasteiger partial charge < -0.3 is 9.84 Å². The van der Waals surface area contributed by atoms with Crippen molar-refractivity contribution in [1.82, 2.24) is 15.2 Å². The third kappa shape index (κ3) is 2.64. The van der Waals surface area contributed by atoms with Crippen LogP contribution in [0.1, 0.15) is 15.9 Å². The standard InChI is InChI=1S/C15H11N3O3/c1-9-8-10(14(19)20)6-7-13(9)21-15-16-11-4-2-3-5-12(11)17-18-15/h2-8H,1H3,(H,19,20). The quantitative estimate of drug-likeness (QED) is 0.794. The summed E-state index contributed by atoms with van der Waals surface area (Å²) < 4.78 is 5.57. The molecule has 1 aromatic heterocycles. The van der Waals surface area contributed by atoms with E-state index in [0.717, 1.165) is 0 Å². The number of hydrogen-bond donors (Lipinski definition) is 1. The van der Waals surface area contributed by atoms with Crippen molar-refractivity contribution in [2.24, 2.45) is 0 Å². The summed E-state index contributed by atoms with van der Waals surface area (Å²) in [5.74, 6) is -0.481. The molecule has 6 nitrogen and oxygen atoms in total. The van der Waals surface area contributed by atoms with Gasteiger partial charge in [-0.05, 0) is 42.8 Å². The van der Waals surface area contributed by atoms with E-state index in [1.54, 1.807) is 13.0 Å². The van der Waals surface area contributed by atoms with E-state index in [1.807, 2.05) is 24.3 Å². The van der Waals surface area contributed by atoms with E-state index in [2.05, 4.69) is 15.2 Å². The topological polar surface area (TPSA) is 85.2 Å². The minimum Gasteiger partial charge on any atom is -0.478 e. The van der Waals surface area contributed by atoms with Gasteiger partial charge in [-0.1, -0.05) is 17.2 Å². The molecule has 21 heavy (non-hydrogen) atoms. The van der Waals surface area contributed by atoms with Crippen LogP contribution in [-0.4, -0.2) is 26.3 Å². The molecular weight excluding hydrogens is 270 g/mol. The molecule has 2 aromatic carbocycles. The van der Waals surface area contributed by atoms with E-state index < -0.39 is 5.97 Å². The molecular formula is C15H11N3O3. The molecule has 0 aliphatic rings. The van der Waals surface area contributed by atoms with Gasteiger partial charge in [-0.25, -0.2) is 4.79 Å². The number of fused-ring (bicyclic) bond motifs is 1. The Bertz CT molecular complexity index is 833. The number of carboxylic acid groups (broad SMARTS) is 1. The molecule has 0 saturated heterocycles. The van der Waals surface area contributed by atoms with Crippen molar-refractivity contribution in [3.05, 3.63) is 53.6 Å². The SMILES string of the molecule is Cc1cc(C(=O)O)ccc1Oc1nnc2ccccc2n1. The first-order valence-electron chi connectivity index (χ1n) is 6.25. The molecule has 3 rings (SSSR count). The minimum absolute atomic E-state index is 0.125. The molecule has 0 aliphatic carbocycles. The van der Waals surface area contributed by atoms with Gasteiger partial charge in [0.15, 0.2) is 0 Å². The molecule has 104 valence electrons. The van der Waals surface area contributed by atoms with Crippen molar-refractivity contribution in [3.8, 4) is 11.8 Å². The van der Waals surface area contributed by atoms with Crippen LogP contribution in [-0.2, 0) is 0 Å². The highest BCUT2D eigenvalue weighted by molar-refractivity contribution is 5.88. The van der Waals surface area contributed by atoms with Crippen LogP contribution in [0.25, 0.3) is 11.0 Å². The number of nitrogens with zero attached hydrogens (tertiary/aromatic N) is 3. The van der Waals surface area contributed by atoms with Gasteiger partial charge in [-0.2, -0.15) is 4.98 Å². The number of rotatable bonds is 3. The lowest BCUT2D eigenvalue weighted by atomic mass is 10.1. The maximum atomic E-state index is 10.9. The fourth-order valence-electron chi connectivity index (χ4n) is 1.90. The fraction of sp³-hybridized carbons (Fsp3) is 0.0667. The molecule has 0 bridgehead atoms. The molecule has 3 aromatic rings. The second-order valence-corrected chi connectivity index (χ2v) is 4.47. The van der Waals surface area contributed by atoms with Gasteiger partial charge in [0, 0.05) is 0 Å². The lowest BCUT2D eigenvalue weighted by molar-refractivity contribution is 0.0697. The van der Waals surface area contributed by atoms with Crippen LogP contribution >= 0.6 is 0 Å². The van der Waals surface area contributed by atoms with Gasteiger partial charge in [0.05, 0.1) is 11.1 Å². The molecule has 0 spiro atoms. The lowest BCUT2D eigenvalue weighted by Crippen LogP contribution is -1.99. The zero-order valence-electron chi connectivity index (χ0n) is 11.1. The molecule has 6 heteroatoms. The Balaban J connectivity index is 1.93. The predicted octanol–water partition coefficient (Wildman–Crippen LogP) is 2.82. The van der Waals surface area contributed by atoms with E-state index in [9.17, 15) is 4.79 Å². The molecule has 0 aliphatic heterocycles. The number of hydrogen-bond acceptors (Lipinski definition) is 5. The fourth-order valence-corrected chi connectivity index (χ4v) is 1.90. The van der Waals surface area contributed by atoms with Gasteiger partial charge in [-0.15, -0.1) is 5.10 Å². The predicted molar refractivity (Wildman–Crippen MR) is 75.5 cm³/mol. The largest absolute Gasteiger partial charge is 0.478 e. The van der Waals surface area contributed by atoms with Crippen LogP contribution in [0.2, 0.25) is 0 Å². The van der Waals surface area contributed by atoms with Crippen LogP contribution in [0.4, 0.5) is 0 Å². The van der Waals surface area contributed by atoms with Crippen molar-refractivity contribution in [3.63, 3.8) is 0 Å². The number of aryl methyl sites for hydroxylation is 1. The van der Waals surface area contributed by atoms with Crippen LogP contribution in [0.3, 0.4) is 0 Å². The smallest absolute Gasteiger partial charge is 0.341 e. The van der Waals surface area contributed by atoms with Crippen LogP contribution in [0.15, 0.2) is 42.5 Å². The number of carboxylic acids is 1. The third-order valence-electron chi connectivity index (χ3n) is 2.96. The van der Waals surface area contributed by atoms with Gasteiger partial charge in [-0.3, -0.25) is 0 Å². The maximum absolute atomic E-state index is 10.9. The van der Waals surface area contributed by atoms with Crippen molar-refractivity contribution in [1.29, 1.82) is 0 Å². The van der Waals surface area contributed by atoms with Gasteiger partial charge in [0.2, 0.25) is 0 Å². The van der Waals surface area contributed by atoms with Crippen molar-refractivity contribution >= 4 is 17.0 Å². The van der Waals surface area contributed by atoms with E-state index >= 15 is 0 Å². The number of aromatic nitrogens is 3. The molecule has 0 saturated carbocycles. The first kappa shape index (κ1) is 13.0. The zero-order valence-corrected chi connectivity index (χ0v) is 11.1. The monoisotopic (exact) mass is 281 g/mol. The average Bonchev–Trinajstić information content (AvgIpc) is 2.49. The maximum Gasteiger partial charge on any atom is 0.341 e. The van der Waals surface area contributed by atoms with Crippen LogP contribution < -0.4 is 4.74 Å². The highest BCUT2D eigenvalue weighted by atomic mass is 16.5. The highest BCUT2D eigenvalue weighted by Crippen LogP contribution is 2.24. The average molecular weight is 281 g/mol. The second kappa shape index (κ2) is 5.16. The second-order valence-electron chi connectivity index (χ2n) is 4.47. The number of benzene rings is 2. The third-order valence-corrected chi connectivity index (χ3v) is 2.96. The van der Waals surface area contributed by atoms with Crippen molar-refractivity contribution in [2.45, 2.75) is 6.92 Å². The highest BCUT2D eigenvalue weighted by Gasteiger charge is 2.09. The van der Waals surface area contributed by atoms with Gasteiger partial charge in [0.25, 0.3) is 0 Å². The molecule has 1 heterocycles. The van der Waals surface area contributed by atoms with E-state index in [1.165, 1.54) is 12.1 Å². The van der Waals surface area contributed by atoms with E-state index in [4.69, 9.17) is 9.84 Å². The Morgan fingerprint density at radius 3 is 2.57 bits per heavy atom. The normalized spacial score (nSPS) is 10.5. The number of carbonyl (C=O) groups is 1. The molecule has 1 N–H and O–H groups in total. The van der Waals surface area contributed by atoms with Gasteiger partial charge in [0.1, 0.15) is 11.3 Å². The Labute approximate surface area is 120 Å². The summed E-state index contributed by atoms with van der Waals surface area (Å²) in [4.78, 5) is 15.2. The Morgan fingerprint density at radius 1 is 1.10 bits per heavy atom. The Hall–Kier alpha value is -3.02. The number of aromatic carboxylic acids is 1. The first-order chi connectivity index (χ1) is 10.1. The minimum atomic E-state index is -0.978. The summed E-state index contributed by atoms with van der Waals surface area (Å²) in [6, 6.07) is 12.0. The molecule has 0 radical (unpaired) electrons. The lowest BCUT2D eigenvalue weighted by Gasteiger charge is -2.07. The number of ether oxygens (including phenoxy) is 1. The number of para-hydroxylation sites is 1. The molecule has 0 amide bonds. The molecule has 0 atom stereocenters. The summed E-state index contributed by atoms with van der Waals surface area (Å²) >= 11 is 0. The summed E-state index contributed by atoms with van der Waals surface area (Å²) in [6.45, 7) is 1.76. The van der Waals surface area contributed by atoms with Crippen molar-refractivity contribution in [2.75, 3.05) is 0 Å². The molecule has 0 fully saturated rings. The van der Waals surface area contributed by atoms with Gasteiger partial charge >= 0.3 is 12.0 Å². The Kier molecular flexibility index (Phi) is 3.19. The first-order valence-corrected chi connectivity index (χ1v) is 6.25.